The van der Waals surface area contributed by atoms with E-state index < -0.39 is 28.4 Å². The molecule has 116 valence electrons. The van der Waals surface area contributed by atoms with Crippen molar-refractivity contribution in [3.63, 3.8) is 0 Å². The molecule has 1 aromatic carbocycles. The number of non-ortho nitro benzene ring substituents is 1. The summed E-state index contributed by atoms with van der Waals surface area (Å²) in [7, 11) is 0. The predicted molar refractivity (Wildman–Crippen MR) is 75.0 cm³/mol. The van der Waals surface area contributed by atoms with Crippen molar-refractivity contribution >= 4 is 24.0 Å². The van der Waals surface area contributed by atoms with Crippen LogP contribution in [0.1, 0.15) is 10.4 Å². The van der Waals surface area contributed by atoms with Gasteiger partial charge in [-0.3, -0.25) is 14.9 Å². The summed E-state index contributed by atoms with van der Waals surface area (Å²) in [6.45, 7) is 1.26. The topological polar surface area (TPSA) is 104 Å². The highest BCUT2D eigenvalue weighted by Crippen LogP contribution is 2.16. The molecule has 9 heteroatoms. The molecule has 1 aliphatic heterocycles. The van der Waals surface area contributed by atoms with Gasteiger partial charge in [0.1, 0.15) is 5.82 Å². The molecule has 2 unspecified atom stereocenters. The molecule has 2 atom stereocenters. The Morgan fingerprint density at radius 1 is 1.48 bits per heavy atom. The molecule has 1 fully saturated rings. The molecule has 0 radical (unpaired) electrons. The van der Waals surface area contributed by atoms with Crippen LogP contribution in [0, 0.1) is 21.8 Å². The van der Waals surface area contributed by atoms with E-state index in [1.807, 2.05) is 0 Å². The largest absolute Gasteiger partial charge is 0.391 e. The molecule has 1 heterocycles. The Morgan fingerprint density at radius 3 is 2.76 bits per heavy atom. The number of nitrogens with one attached hydrogen (secondary N) is 2. The summed E-state index contributed by atoms with van der Waals surface area (Å²) < 4.78 is 13.2. The van der Waals surface area contributed by atoms with Gasteiger partial charge in [-0.1, -0.05) is 0 Å². The minimum atomic E-state index is -0.841. The highest BCUT2D eigenvalue weighted by Gasteiger charge is 2.25. The maximum Gasteiger partial charge on any atom is 0.273 e. The third kappa shape index (κ3) is 4.35. The zero-order valence-corrected chi connectivity index (χ0v) is 11.7. The van der Waals surface area contributed by atoms with Crippen molar-refractivity contribution in [2.24, 2.45) is 5.92 Å². The molecule has 21 heavy (non-hydrogen) atoms. The number of β-amino-alcohol motifs (C(OH)–C–C–N with tert-alkyl or cyclic N) is 1. The third-order valence-corrected chi connectivity index (χ3v) is 3.18. The van der Waals surface area contributed by atoms with Crippen LogP contribution in [0.4, 0.5) is 10.1 Å². The number of nitrogens with zero attached hydrogens (tertiary/aromatic N) is 1. The summed E-state index contributed by atoms with van der Waals surface area (Å²) in [6, 6.07) is 2.70. The Kier molecular flexibility index (Phi) is 6.01. The van der Waals surface area contributed by atoms with Gasteiger partial charge in [-0.25, -0.2) is 4.39 Å². The van der Waals surface area contributed by atoms with Crippen LogP contribution in [0.25, 0.3) is 0 Å². The van der Waals surface area contributed by atoms with Gasteiger partial charge in [-0.15, -0.1) is 12.4 Å². The van der Waals surface area contributed by atoms with Gasteiger partial charge in [0, 0.05) is 37.2 Å². The number of hydrogen-bond acceptors (Lipinski definition) is 5. The fourth-order valence-corrected chi connectivity index (χ4v) is 2.06. The SMILES string of the molecule is Cl.O=C(NCC1CNCC1O)c1cc(F)cc([N+](=O)[O-])c1. The normalized spacial score (nSPS) is 20.7. The van der Waals surface area contributed by atoms with E-state index in [-0.39, 0.29) is 30.4 Å². The van der Waals surface area contributed by atoms with Crippen molar-refractivity contribution in [1.29, 1.82) is 0 Å². The van der Waals surface area contributed by atoms with Crippen LogP contribution in [0.5, 0.6) is 0 Å². The first-order chi connectivity index (χ1) is 9.47. The monoisotopic (exact) mass is 319 g/mol. The number of nitro groups is 1. The quantitative estimate of drug-likeness (QED) is 0.552. The molecule has 1 aromatic rings. The zero-order valence-electron chi connectivity index (χ0n) is 10.9. The van der Waals surface area contributed by atoms with Gasteiger partial charge in [0.15, 0.2) is 0 Å². The maximum atomic E-state index is 13.2. The molecule has 0 saturated carbocycles. The van der Waals surface area contributed by atoms with Crippen LogP contribution in [0.2, 0.25) is 0 Å². The van der Waals surface area contributed by atoms with Crippen LogP contribution in [-0.4, -0.2) is 41.7 Å². The highest BCUT2D eigenvalue weighted by atomic mass is 35.5. The molecule has 2 rings (SSSR count). The summed E-state index contributed by atoms with van der Waals surface area (Å²) in [5.41, 5.74) is -0.588. The van der Waals surface area contributed by atoms with E-state index in [0.29, 0.717) is 13.1 Å². The van der Waals surface area contributed by atoms with Crippen molar-refractivity contribution in [3.05, 3.63) is 39.7 Å². The van der Waals surface area contributed by atoms with Gasteiger partial charge in [-0.2, -0.15) is 0 Å². The molecule has 0 aliphatic carbocycles. The second kappa shape index (κ2) is 7.30. The summed E-state index contributed by atoms with van der Waals surface area (Å²) >= 11 is 0. The Bertz CT molecular complexity index is 543. The van der Waals surface area contributed by atoms with Gasteiger partial charge in [-0.05, 0) is 6.07 Å². The number of nitro benzene ring substituents is 1. The summed E-state index contributed by atoms with van der Waals surface area (Å²) in [5, 5.41) is 25.7. The Hall–Kier alpha value is -1.77. The molecule has 3 N–H and O–H groups in total. The molecule has 1 aliphatic rings. The lowest BCUT2D eigenvalue weighted by Crippen LogP contribution is -2.34. The Labute approximate surface area is 126 Å². The molecule has 0 spiro atoms. The van der Waals surface area contributed by atoms with Gasteiger partial charge < -0.3 is 15.7 Å². The second-order valence-corrected chi connectivity index (χ2v) is 4.65. The number of rotatable bonds is 4. The molecule has 0 aromatic heterocycles. The van der Waals surface area contributed by atoms with E-state index in [1.165, 1.54) is 0 Å². The molecular formula is C12H15ClFN3O4. The number of aliphatic hydroxyl groups excluding tert-OH is 1. The van der Waals surface area contributed by atoms with Gasteiger partial charge >= 0.3 is 0 Å². The number of halogens is 2. The van der Waals surface area contributed by atoms with Gasteiger partial charge in [0.25, 0.3) is 11.6 Å². The average molecular weight is 320 g/mol. The minimum Gasteiger partial charge on any atom is -0.391 e. The lowest BCUT2D eigenvalue weighted by atomic mass is 10.1. The van der Waals surface area contributed by atoms with Crippen molar-refractivity contribution in [1.82, 2.24) is 10.6 Å². The van der Waals surface area contributed by atoms with E-state index >= 15 is 0 Å². The minimum absolute atomic E-state index is 0. The third-order valence-electron chi connectivity index (χ3n) is 3.18. The number of benzene rings is 1. The van der Waals surface area contributed by atoms with E-state index in [9.17, 15) is 24.4 Å². The van der Waals surface area contributed by atoms with Crippen molar-refractivity contribution in [2.75, 3.05) is 19.6 Å². The number of aliphatic hydroxyl groups is 1. The summed E-state index contributed by atoms with van der Waals surface area (Å²) in [6.07, 6.45) is -0.544. The summed E-state index contributed by atoms with van der Waals surface area (Å²) in [4.78, 5) is 21.7. The second-order valence-electron chi connectivity index (χ2n) is 4.65. The summed E-state index contributed by atoms with van der Waals surface area (Å²) in [5.74, 6) is -1.57. The smallest absolute Gasteiger partial charge is 0.273 e. The van der Waals surface area contributed by atoms with Crippen LogP contribution in [0.3, 0.4) is 0 Å². The number of carbonyl (C=O) groups excluding carboxylic acids is 1. The number of amides is 1. The lowest BCUT2D eigenvalue weighted by Gasteiger charge is -2.14. The molecular weight excluding hydrogens is 305 g/mol. The lowest BCUT2D eigenvalue weighted by molar-refractivity contribution is -0.385. The first-order valence-corrected chi connectivity index (χ1v) is 6.09. The predicted octanol–water partition coefficient (Wildman–Crippen LogP) is 0.466. The van der Waals surface area contributed by atoms with Gasteiger partial charge in [0.2, 0.25) is 0 Å². The molecule has 1 amide bonds. The number of carbonyl (C=O) groups is 1. The fourth-order valence-electron chi connectivity index (χ4n) is 2.06. The molecule has 1 saturated heterocycles. The van der Waals surface area contributed by atoms with Crippen LogP contribution < -0.4 is 10.6 Å². The van der Waals surface area contributed by atoms with Crippen LogP contribution in [-0.2, 0) is 0 Å². The van der Waals surface area contributed by atoms with Crippen molar-refractivity contribution in [2.45, 2.75) is 6.10 Å². The zero-order chi connectivity index (χ0) is 14.7. The van der Waals surface area contributed by atoms with E-state index in [0.717, 1.165) is 18.2 Å². The van der Waals surface area contributed by atoms with E-state index in [2.05, 4.69) is 10.6 Å². The molecule has 0 bridgehead atoms. The highest BCUT2D eigenvalue weighted by molar-refractivity contribution is 5.94. The van der Waals surface area contributed by atoms with Crippen molar-refractivity contribution < 1.29 is 19.2 Å². The van der Waals surface area contributed by atoms with E-state index in [4.69, 9.17) is 0 Å². The standard InChI is InChI=1S/C12H14FN3O4.ClH/c13-9-1-7(2-10(3-9)16(19)20)12(18)15-5-8-4-14-6-11(8)17;/h1-3,8,11,14,17H,4-6H2,(H,15,18);1H. The first-order valence-electron chi connectivity index (χ1n) is 6.09. The Balaban J connectivity index is 0.00000220. The van der Waals surface area contributed by atoms with Gasteiger partial charge in [0.05, 0.1) is 17.1 Å². The fraction of sp³-hybridized carbons (Fsp3) is 0.417. The Morgan fingerprint density at radius 2 is 2.19 bits per heavy atom. The van der Waals surface area contributed by atoms with Crippen molar-refractivity contribution in [3.8, 4) is 0 Å². The van der Waals surface area contributed by atoms with Crippen LogP contribution >= 0.6 is 12.4 Å². The first kappa shape index (κ1) is 17.3. The molecule has 7 nitrogen and oxygen atoms in total. The number of hydrogen-bond donors (Lipinski definition) is 3. The average Bonchev–Trinajstić information content (AvgIpc) is 2.80. The van der Waals surface area contributed by atoms with E-state index in [1.54, 1.807) is 0 Å². The maximum absolute atomic E-state index is 13.2. The van der Waals surface area contributed by atoms with Crippen LogP contribution in [0.15, 0.2) is 18.2 Å².